The molecule has 1 fully saturated rings. The van der Waals surface area contributed by atoms with Crippen LogP contribution >= 0.6 is 0 Å². The Morgan fingerprint density at radius 3 is 2.61 bits per heavy atom. The van der Waals surface area contributed by atoms with Gasteiger partial charge in [0.25, 0.3) is 10.0 Å². The molecule has 0 bridgehead atoms. The Hall–Kier alpha value is -1.51. The fourth-order valence-electron chi connectivity index (χ4n) is 2.57. The zero-order valence-electron chi connectivity index (χ0n) is 13.1. The second kappa shape index (κ2) is 6.54. The van der Waals surface area contributed by atoms with Gasteiger partial charge in [0.1, 0.15) is 0 Å². The number of rotatable bonds is 5. The number of nitrogens with one attached hydrogen (secondary N) is 1. The molecule has 130 valence electrons. The van der Waals surface area contributed by atoms with Crippen LogP contribution in [-0.4, -0.2) is 29.8 Å². The van der Waals surface area contributed by atoms with Crippen LogP contribution in [0.1, 0.15) is 39.5 Å². The van der Waals surface area contributed by atoms with Gasteiger partial charge in [-0.3, -0.25) is 4.79 Å². The minimum Gasteiger partial charge on any atom is -0.336 e. The van der Waals surface area contributed by atoms with Gasteiger partial charge in [0.2, 0.25) is 11.8 Å². The Morgan fingerprint density at radius 2 is 2.04 bits per heavy atom. The molecule has 0 aromatic carbocycles. The van der Waals surface area contributed by atoms with Crippen molar-refractivity contribution in [2.75, 3.05) is 0 Å². The first kappa shape index (κ1) is 17.8. The molecule has 0 aliphatic heterocycles. The highest BCUT2D eigenvalue weighted by atomic mass is 32.2. The zero-order valence-corrected chi connectivity index (χ0v) is 13.9. The number of alkyl halides is 2. The summed E-state index contributed by atoms with van der Waals surface area (Å²) < 4.78 is 54.1. The van der Waals surface area contributed by atoms with Gasteiger partial charge >= 0.3 is 0 Å². The molecule has 1 aliphatic rings. The van der Waals surface area contributed by atoms with Gasteiger partial charge in [0.15, 0.2) is 5.03 Å². The van der Waals surface area contributed by atoms with E-state index in [9.17, 15) is 22.0 Å². The molecule has 1 N–H and O–H groups in total. The summed E-state index contributed by atoms with van der Waals surface area (Å²) in [5.41, 5.74) is 0. The number of imidazole rings is 1. The van der Waals surface area contributed by atoms with Gasteiger partial charge in [-0.15, -0.1) is 0 Å². The molecule has 23 heavy (non-hydrogen) atoms. The number of hydrogen-bond acceptors (Lipinski definition) is 4. The van der Waals surface area contributed by atoms with Crippen LogP contribution in [0.15, 0.2) is 17.6 Å². The van der Waals surface area contributed by atoms with Crippen LogP contribution in [0.4, 0.5) is 8.78 Å². The van der Waals surface area contributed by atoms with E-state index in [1.165, 1.54) is 12.5 Å². The van der Waals surface area contributed by atoms with Gasteiger partial charge in [-0.2, -0.15) is 8.42 Å². The van der Waals surface area contributed by atoms with Gasteiger partial charge in [-0.25, -0.2) is 18.5 Å². The molecule has 1 amide bonds. The molecule has 0 saturated heterocycles. The van der Waals surface area contributed by atoms with E-state index in [1.807, 2.05) is 18.6 Å². The van der Waals surface area contributed by atoms with Crippen molar-refractivity contribution < 1.29 is 22.0 Å². The lowest BCUT2D eigenvalue weighted by atomic mass is 9.86. The normalized spacial score (nSPS) is 19.0. The largest absolute Gasteiger partial charge is 0.336 e. The highest BCUT2D eigenvalue weighted by Crippen LogP contribution is 2.36. The summed E-state index contributed by atoms with van der Waals surface area (Å²) in [6, 6.07) is 0. The average molecular weight is 349 g/mol. The maximum absolute atomic E-state index is 13.1. The summed E-state index contributed by atoms with van der Waals surface area (Å²) in [6.07, 6.45) is 1.92. The molecule has 0 atom stereocenters. The second-order valence-corrected chi connectivity index (χ2v) is 8.03. The van der Waals surface area contributed by atoms with Crippen LogP contribution in [0.3, 0.4) is 0 Å². The molecule has 1 aliphatic carbocycles. The molecule has 1 heterocycles. The lowest BCUT2D eigenvalue weighted by Gasteiger charge is -2.27. The Balaban J connectivity index is 2.00. The molecule has 0 radical (unpaired) electrons. The van der Waals surface area contributed by atoms with Crippen molar-refractivity contribution in [1.29, 1.82) is 0 Å². The molecular weight excluding hydrogens is 328 g/mol. The average Bonchev–Trinajstić information content (AvgIpc) is 2.86. The minimum absolute atomic E-state index is 0.0177. The van der Waals surface area contributed by atoms with E-state index >= 15 is 0 Å². The summed E-state index contributed by atoms with van der Waals surface area (Å²) in [4.78, 5) is 15.8. The first-order valence-electron chi connectivity index (χ1n) is 7.55. The second-order valence-electron chi connectivity index (χ2n) is 6.40. The molecule has 2 rings (SSSR count). The number of nitrogens with zero attached hydrogens (tertiary/aromatic N) is 2. The maximum atomic E-state index is 13.1. The van der Waals surface area contributed by atoms with Crippen molar-refractivity contribution in [2.45, 2.75) is 57.0 Å². The van der Waals surface area contributed by atoms with E-state index in [-0.39, 0.29) is 17.9 Å². The van der Waals surface area contributed by atoms with Crippen LogP contribution in [0.5, 0.6) is 0 Å². The first-order chi connectivity index (χ1) is 10.6. The van der Waals surface area contributed by atoms with Gasteiger partial charge in [0, 0.05) is 31.5 Å². The summed E-state index contributed by atoms with van der Waals surface area (Å²) in [5, 5.41) is -0.243. The number of sulfonamides is 1. The molecule has 9 heteroatoms. The third-order valence-corrected chi connectivity index (χ3v) is 5.02. The maximum Gasteiger partial charge on any atom is 0.283 e. The van der Waals surface area contributed by atoms with Crippen molar-refractivity contribution in [1.82, 2.24) is 14.3 Å². The molecule has 6 nitrogen and oxygen atoms in total. The SMILES string of the molecule is CC(C)Cn1cnc(S(=O)(=O)NC(=O)C2CCC(F)(F)CC2)c1. The van der Waals surface area contributed by atoms with Crippen LogP contribution in [-0.2, 0) is 21.4 Å². The van der Waals surface area contributed by atoms with Gasteiger partial charge in [0.05, 0.1) is 6.33 Å². The van der Waals surface area contributed by atoms with Gasteiger partial charge < -0.3 is 4.57 Å². The monoisotopic (exact) mass is 349 g/mol. The quantitative estimate of drug-likeness (QED) is 0.883. The molecule has 1 aromatic rings. The highest BCUT2D eigenvalue weighted by molar-refractivity contribution is 7.90. The van der Waals surface area contributed by atoms with Crippen LogP contribution in [0.25, 0.3) is 0 Å². The number of aromatic nitrogens is 2. The Morgan fingerprint density at radius 1 is 1.43 bits per heavy atom. The Bertz CT molecular complexity index is 661. The topological polar surface area (TPSA) is 81.1 Å². The van der Waals surface area contributed by atoms with Crippen molar-refractivity contribution in [3.05, 3.63) is 12.5 Å². The Kier molecular flexibility index (Phi) is 5.07. The fraction of sp³-hybridized carbons (Fsp3) is 0.714. The van der Waals surface area contributed by atoms with E-state index in [0.29, 0.717) is 12.5 Å². The lowest BCUT2D eigenvalue weighted by Crippen LogP contribution is -2.39. The first-order valence-corrected chi connectivity index (χ1v) is 9.04. The van der Waals surface area contributed by atoms with Gasteiger partial charge in [-0.05, 0) is 18.8 Å². The van der Waals surface area contributed by atoms with Crippen LogP contribution in [0, 0.1) is 11.8 Å². The van der Waals surface area contributed by atoms with Crippen LogP contribution < -0.4 is 4.72 Å². The number of carbonyl (C=O) groups excluding carboxylic acids is 1. The standard InChI is InChI=1S/C14H21F2N3O3S/c1-10(2)7-19-8-12(17-9-19)23(21,22)18-13(20)11-3-5-14(15,16)6-4-11/h8-11H,3-7H2,1-2H3,(H,18,20). The number of halogens is 2. The van der Waals surface area contributed by atoms with E-state index < -0.39 is 40.6 Å². The molecule has 0 spiro atoms. The molecular formula is C14H21F2N3O3S. The summed E-state index contributed by atoms with van der Waals surface area (Å²) in [7, 11) is -4.07. The third kappa shape index (κ3) is 4.73. The number of hydrogen-bond donors (Lipinski definition) is 1. The van der Waals surface area contributed by atoms with E-state index in [1.54, 1.807) is 4.57 Å². The Labute approximate surface area is 134 Å². The minimum atomic E-state index is -4.07. The smallest absolute Gasteiger partial charge is 0.283 e. The predicted molar refractivity (Wildman–Crippen MR) is 79.3 cm³/mol. The predicted octanol–water partition coefficient (Wildman–Crippen LogP) is 2.17. The summed E-state index contributed by atoms with van der Waals surface area (Å²) in [6.45, 7) is 4.57. The zero-order chi connectivity index (χ0) is 17.3. The lowest BCUT2D eigenvalue weighted by molar-refractivity contribution is -0.127. The molecule has 1 saturated carbocycles. The summed E-state index contributed by atoms with van der Waals surface area (Å²) in [5.74, 6) is -3.88. The van der Waals surface area contributed by atoms with Crippen molar-refractivity contribution >= 4 is 15.9 Å². The van der Waals surface area contributed by atoms with E-state index in [0.717, 1.165) is 0 Å². The van der Waals surface area contributed by atoms with Crippen LogP contribution in [0.2, 0.25) is 0 Å². The number of carbonyl (C=O) groups is 1. The van der Waals surface area contributed by atoms with Crippen molar-refractivity contribution in [3.8, 4) is 0 Å². The van der Waals surface area contributed by atoms with E-state index in [2.05, 4.69) is 4.98 Å². The number of amides is 1. The molecule has 1 aromatic heterocycles. The van der Waals surface area contributed by atoms with Crippen molar-refractivity contribution in [2.24, 2.45) is 11.8 Å². The third-order valence-electron chi connectivity index (χ3n) is 3.78. The van der Waals surface area contributed by atoms with Crippen molar-refractivity contribution in [3.63, 3.8) is 0 Å². The summed E-state index contributed by atoms with van der Waals surface area (Å²) >= 11 is 0. The highest BCUT2D eigenvalue weighted by Gasteiger charge is 2.38. The van der Waals surface area contributed by atoms with E-state index in [4.69, 9.17) is 0 Å². The van der Waals surface area contributed by atoms with Gasteiger partial charge in [-0.1, -0.05) is 13.8 Å². The molecule has 0 unspecified atom stereocenters. The fourth-order valence-corrected chi connectivity index (χ4v) is 3.57.